The van der Waals surface area contributed by atoms with E-state index < -0.39 is 10.0 Å². The second kappa shape index (κ2) is 5.93. The number of nitrogens with one attached hydrogen (secondary N) is 2. The minimum Gasteiger partial charge on any atom is -0.315 e. The SMILES string of the molecule is O=S(=O)(NC1CCCNC1)c1ccc(Cl)c2ccccc12. The third kappa shape index (κ3) is 3.06. The predicted octanol–water partition coefficient (Wildman–Crippen LogP) is 2.52. The van der Waals surface area contributed by atoms with Gasteiger partial charge in [-0.1, -0.05) is 35.9 Å². The summed E-state index contributed by atoms with van der Waals surface area (Å²) in [4.78, 5) is 0.285. The molecule has 2 aromatic carbocycles. The first-order valence-electron chi connectivity index (χ1n) is 6.98. The molecule has 0 aliphatic carbocycles. The number of sulfonamides is 1. The molecule has 21 heavy (non-hydrogen) atoms. The van der Waals surface area contributed by atoms with Gasteiger partial charge in [-0.25, -0.2) is 13.1 Å². The van der Waals surface area contributed by atoms with E-state index in [0.29, 0.717) is 17.0 Å². The first-order valence-corrected chi connectivity index (χ1v) is 8.84. The molecule has 1 fully saturated rings. The predicted molar refractivity (Wildman–Crippen MR) is 85.2 cm³/mol. The maximum absolute atomic E-state index is 12.6. The van der Waals surface area contributed by atoms with Gasteiger partial charge in [-0.3, -0.25) is 0 Å². The molecule has 1 aliphatic heterocycles. The highest BCUT2D eigenvalue weighted by Gasteiger charge is 2.23. The van der Waals surface area contributed by atoms with Gasteiger partial charge in [0.25, 0.3) is 0 Å². The average Bonchev–Trinajstić information content (AvgIpc) is 2.48. The zero-order chi connectivity index (χ0) is 14.9. The summed E-state index contributed by atoms with van der Waals surface area (Å²) in [5.41, 5.74) is 0. The summed E-state index contributed by atoms with van der Waals surface area (Å²) in [6.45, 7) is 1.62. The average molecular weight is 325 g/mol. The lowest BCUT2D eigenvalue weighted by atomic mass is 10.1. The number of hydrogen-bond acceptors (Lipinski definition) is 3. The van der Waals surface area contributed by atoms with Gasteiger partial charge < -0.3 is 5.32 Å². The van der Waals surface area contributed by atoms with Crippen LogP contribution >= 0.6 is 11.6 Å². The molecule has 1 unspecified atom stereocenters. The fourth-order valence-electron chi connectivity index (χ4n) is 2.70. The van der Waals surface area contributed by atoms with E-state index in [4.69, 9.17) is 11.6 Å². The molecule has 3 rings (SSSR count). The van der Waals surface area contributed by atoms with Crippen molar-refractivity contribution in [2.45, 2.75) is 23.8 Å². The molecule has 0 saturated carbocycles. The van der Waals surface area contributed by atoms with Crippen LogP contribution in [0.2, 0.25) is 5.02 Å². The number of fused-ring (bicyclic) bond motifs is 1. The smallest absolute Gasteiger partial charge is 0.241 e. The van der Waals surface area contributed by atoms with Crippen LogP contribution in [0.15, 0.2) is 41.3 Å². The van der Waals surface area contributed by atoms with E-state index in [2.05, 4.69) is 10.0 Å². The first kappa shape index (κ1) is 14.8. The van der Waals surface area contributed by atoms with Crippen LogP contribution < -0.4 is 10.0 Å². The second-order valence-corrected chi connectivity index (χ2v) is 7.35. The van der Waals surface area contributed by atoms with Crippen molar-refractivity contribution < 1.29 is 8.42 Å². The van der Waals surface area contributed by atoms with Crippen molar-refractivity contribution in [2.75, 3.05) is 13.1 Å². The van der Waals surface area contributed by atoms with E-state index >= 15 is 0 Å². The monoisotopic (exact) mass is 324 g/mol. The Hall–Kier alpha value is -1.14. The molecule has 112 valence electrons. The van der Waals surface area contributed by atoms with Crippen molar-refractivity contribution in [3.63, 3.8) is 0 Å². The summed E-state index contributed by atoms with van der Waals surface area (Å²) in [5.74, 6) is 0. The number of halogens is 1. The number of piperidine rings is 1. The van der Waals surface area contributed by atoms with Gasteiger partial charge in [-0.2, -0.15) is 0 Å². The molecule has 0 amide bonds. The molecule has 1 aliphatic rings. The molecule has 1 heterocycles. The van der Waals surface area contributed by atoms with Gasteiger partial charge in [0.15, 0.2) is 0 Å². The quantitative estimate of drug-likeness (QED) is 0.912. The fraction of sp³-hybridized carbons (Fsp3) is 0.333. The summed E-state index contributed by atoms with van der Waals surface area (Å²) < 4.78 is 28.1. The van der Waals surface area contributed by atoms with Crippen LogP contribution in [0.25, 0.3) is 10.8 Å². The molecular weight excluding hydrogens is 308 g/mol. The summed E-state index contributed by atoms with van der Waals surface area (Å²) in [5, 5.41) is 5.17. The van der Waals surface area contributed by atoms with E-state index in [0.717, 1.165) is 24.8 Å². The van der Waals surface area contributed by atoms with E-state index in [1.54, 1.807) is 18.2 Å². The van der Waals surface area contributed by atoms with Crippen molar-refractivity contribution in [3.05, 3.63) is 41.4 Å². The lowest BCUT2D eigenvalue weighted by Crippen LogP contribution is -2.45. The van der Waals surface area contributed by atoms with E-state index in [1.165, 1.54) is 0 Å². The van der Waals surface area contributed by atoms with Crippen LogP contribution in [0.3, 0.4) is 0 Å². The highest BCUT2D eigenvalue weighted by atomic mass is 35.5. The van der Waals surface area contributed by atoms with Crippen LogP contribution in [-0.4, -0.2) is 27.5 Å². The van der Waals surface area contributed by atoms with Gasteiger partial charge in [-0.05, 0) is 31.5 Å². The topological polar surface area (TPSA) is 58.2 Å². The highest BCUT2D eigenvalue weighted by Crippen LogP contribution is 2.29. The standard InChI is InChI=1S/C15H17ClN2O2S/c16-14-7-8-15(13-6-2-1-5-12(13)14)21(19,20)18-11-4-3-9-17-10-11/h1-2,5-8,11,17-18H,3-4,9-10H2. The molecule has 0 spiro atoms. The van der Waals surface area contributed by atoms with E-state index in [-0.39, 0.29) is 10.9 Å². The van der Waals surface area contributed by atoms with Crippen molar-refractivity contribution >= 4 is 32.4 Å². The number of benzene rings is 2. The van der Waals surface area contributed by atoms with Crippen molar-refractivity contribution in [3.8, 4) is 0 Å². The molecule has 1 atom stereocenters. The Balaban J connectivity index is 2.00. The summed E-state index contributed by atoms with van der Waals surface area (Å²) in [7, 11) is -3.55. The second-order valence-electron chi connectivity index (χ2n) is 5.26. The Kier molecular flexibility index (Phi) is 4.17. The van der Waals surface area contributed by atoms with Gasteiger partial charge in [0.2, 0.25) is 10.0 Å². The molecule has 1 saturated heterocycles. The van der Waals surface area contributed by atoms with Crippen LogP contribution in [0.5, 0.6) is 0 Å². The number of hydrogen-bond donors (Lipinski definition) is 2. The Labute approximate surface area is 129 Å². The van der Waals surface area contributed by atoms with E-state index in [1.807, 2.05) is 18.2 Å². The first-order chi connectivity index (χ1) is 10.1. The Bertz CT molecular complexity index is 755. The number of rotatable bonds is 3. The van der Waals surface area contributed by atoms with Gasteiger partial charge in [0.05, 0.1) is 4.90 Å². The fourth-order valence-corrected chi connectivity index (χ4v) is 4.41. The third-order valence-corrected chi connectivity index (χ3v) is 5.65. The lowest BCUT2D eigenvalue weighted by molar-refractivity contribution is 0.429. The Morgan fingerprint density at radius 3 is 2.62 bits per heavy atom. The molecule has 2 aromatic rings. The lowest BCUT2D eigenvalue weighted by Gasteiger charge is -2.24. The van der Waals surface area contributed by atoms with Gasteiger partial charge in [0.1, 0.15) is 0 Å². The summed E-state index contributed by atoms with van der Waals surface area (Å²) in [6, 6.07) is 10.4. The Morgan fingerprint density at radius 2 is 1.90 bits per heavy atom. The van der Waals surface area contributed by atoms with Crippen LogP contribution in [0.4, 0.5) is 0 Å². The summed E-state index contributed by atoms with van der Waals surface area (Å²) in [6.07, 6.45) is 1.84. The molecule has 6 heteroatoms. The van der Waals surface area contributed by atoms with Crippen molar-refractivity contribution in [2.24, 2.45) is 0 Å². The highest BCUT2D eigenvalue weighted by molar-refractivity contribution is 7.89. The van der Waals surface area contributed by atoms with Crippen molar-refractivity contribution in [1.29, 1.82) is 0 Å². The van der Waals surface area contributed by atoms with Gasteiger partial charge in [0, 0.05) is 28.4 Å². The van der Waals surface area contributed by atoms with Gasteiger partial charge in [-0.15, -0.1) is 0 Å². The normalized spacial score (nSPS) is 19.8. The minimum absolute atomic E-state index is 0.0572. The van der Waals surface area contributed by atoms with E-state index in [9.17, 15) is 8.42 Å². The summed E-state index contributed by atoms with van der Waals surface area (Å²) >= 11 is 6.15. The molecule has 4 nitrogen and oxygen atoms in total. The zero-order valence-electron chi connectivity index (χ0n) is 11.5. The maximum atomic E-state index is 12.6. The molecule has 0 radical (unpaired) electrons. The molecule has 0 aromatic heterocycles. The molecule has 2 N–H and O–H groups in total. The van der Waals surface area contributed by atoms with Crippen LogP contribution in [0, 0.1) is 0 Å². The maximum Gasteiger partial charge on any atom is 0.241 e. The Morgan fingerprint density at radius 1 is 1.14 bits per heavy atom. The third-order valence-electron chi connectivity index (χ3n) is 3.74. The van der Waals surface area contributed by atoms with Crippen LogP contribution in [0.1, 0.15) is 12.8 Å². The molecular formula is C15H17ClN2O2S. The van der Waals surface area contributed by atoms with Crippen LogP contribution in [-0.2, 0) is 10.0 Å². The van der Waals surface area contributed by atoms with Gasteiger partial charge >= 0.3 is 0 Å². The zero-order valence-corrected chi connectivity index (χ0v) is 13.0. The van der Waals surface area contributed by atoms with Crippen molar-refractivity contribution in [1.82, 2.24) is 10.0 Å². The minimum atomic E-state index is -3.55. The molecule has 0 bridgehead atoms. The largest absolute Gasteiger partial charge is 0.315 e.